The first-order chi connectivity index (χ1) is 17.4. The van der Waals surface area contributed by atoms with Crippen LogP contribution in [0.25, 0.3) is 11.1 Å². The first kappa shape index (κ1) is 28.9. The van der Waals surface area contributed by atoms with Crippen molar-refractivity contribution in [1.29, 1.82) is 0 Å². The summed E-state index contributed by atoms with van der Waals surface area (Å²) in [4.78, 5) is 47.9. The van der Waals surface area contributed by atoms with E-state index in [1.807, 2.05) is 0 Å². The van der Waals surface area contributed by atoms with E-state index in [-0.39, 0.29) is 11.5 Å². The van der Waals surface area contributed by atoms with Gasteiger partial charge in [0.2, 0.25) is 0 Å². The summed E-state index contributed by atoms with van der Waals surface area (Å²) in [5, 5.41) is 25.9. The third-order valence-electron chi connectivity index (χ3n) is 4.92. The number of hydrogen-bond acceptors (Lipinski definition) is 7. The number of hydrogen-bond donors (Lipinski definition) is 6. The molecule has 0 spiro atoms. The Morgan fingerprint density at radius 2 is 1.35 bits per heavy atom. The van der Waals surface area contributed by atoms with Gasteiger partial charge in [-0.3, -0.25) is 19.6 Å². The van der Waals surface area contributed by atoms with Crippen LogP contribution in [0.3, 0.4) is 0 Å². The average Bonchev–Trinajstić information content (AvgIpc) is 2.85. The number of alkyl carbamates (subject to hydrolysis) is 1. The summed E-state index contributed by atoms with van der Waals surface area (Å²) < 4.78 is 5.14. The molecule has 0 saturated heterocycles. The molecule has 0 unspecified atom stereocenters. The fourth-order valence-corrected chi connectivity index (χ4v) is 3.10. The number of aliphatic hydroxyl groups is 1. The van der Waals surface area contributed by atoms with Crippen LogP contribution in [0.15, 0.2) is 60.9 Å². The number of amides is 4. The highest BCUT2D eigenvalue weighted by Crippen LogP contribution is 2.20. The SMILES string of the molecule is C=C(O)[C@H](NC(=O)c1ccc(-c2ccc(C(=O)NCCCNC(=O)OC(C)(C)C)cc2)cc1)C(=O)NO. The lowest BCUT2D eigenvalue weighted by molar-refractivity contribution is -0.130. The molecule has 11 nitrogen and oxygen atoms in total. The Bertz CT molecular complexity index is 1120. The maximum Gasteiger partial charge on any atom is 0.407 e. The van der Waals surface area contributed by atoms with Crippen LogP contribution in [0.2, 0.25) is 0 Å². The number of benzene rings is 2. The Hall–Kier alpha value is -4.38. The van der Waals surface area contributed by atoms with Crippen LogP contribution in [0.4, 0.5) is 4.79 Å². The van der Waals surface area contributed by atoms with Crippen LogP contribution < -0.4 is 21.4 Å². The third-order valence-corrected chi connectivity index (χ3v) is 4.92. The predicted octanol–water partition coefficient (Wildman–Crippen LogP) is 2.67. The second-order valence-corrected chi connectivity index (χ2v) is 9.07. The fraction of sp³-hybridized carbons (Fsp3) is 0.308. The maximum atomic E-state index is 12.4. The van der Waals surface area contributed by atoms with Gasteiger partial charge in [-0.05, 0) is 62.6 Å². The number of rotatable bonds is 10. The van der Waals surface area contributed by atoms with Crippen molar-refractivity contribution in [3.63, 3.8) is 0 Å². The molecule has 11 heteroatoms. The van der Waals surface area contributed by atoms with Gasteiger partial charge in [0.1, 0.15) is 11.4 Å². The van der Waals surface area contributed by atoms with Crippen LogP contribution in [0.1, 0.15) is 47.9 Å². The zero-order valence-corrected chi connectivity index (χ0v) is 21.0. The monoisotopic (exact) mass is 512 g/mol. The lowest BCUT2D eigenvalue weighted by Crippen LogP contribution is -2.46. The lowest BCUT2D eigenvalue weighted by Gasteiger charge is -2.19. The van der Waals surface area contributed by atoms with Crippen molar-refractivity contribution >= 4 is 23.8 Å². The predicted molar refractivity (Wildman–Crippen MR) is 136 cm³/mol. The molecule has 0 aliphatic rings. The molecule has 2 aromatic carbocycles. The molecule has 0 aliphatic heterocycles. The van der Waals surface area contributed by atoms with Crippen LogP contribution in [0.5, 0.6) is 0 Å². The first-order valence-electron chi connectivity index (χ1n) is 11.5. The van der Waals surface area contributed by atoms with Crippen molar-refractivity contribution in [1.82, 2.24) is 21.4 Å². The van der Waals surface area contributed by atoms with Crippen molar-refractivity contribution in [3.05, 3.63) is 72.0 Å². The third kappa shape index (κ3) is 9.30. The van der Waals surface area contributed by atoms with E-state index in [9.17, 15) is 24.3 Å². The van der Waals surface area contributed by atoms with E-state index in [4.69, 9.17) is 9.94 Å². The Kier molecular flexibility index (Phi) is 10.2. The molecule has 4 amide bonds. The minimum absolute atomic E-state index is 0.220. The van der Waals surface area contributed by atoms with E-state index in [1.165, 1.54) is 17.6 Å². The minimum atomic E-state index is -1.50. The molecule has 0 saturated carbocycles. The highest BCUT2D eigenvalue weighted by Gasteiger charge is 2.24. The summed E-state index contributed by atoms with van der Waals surface area (Å²) in [6.45, 7) is 9.29. The van der Waals surface area contributed by atoms with Gasteiger partial charge in [-0.2, -0.15) is 0 Å². The molecule has 37 heavy (non-hydrogen) atoms. The zero-order valence-electron chi connectivity index (χ0n) is 21.0. The van der Waals surface area contributed by atoms with Gasteiger partial charge < -0.3 is 25.8 Å². The van der Waals surface area contributed by atoms with E-state index in [2.05, 4.69) is 22.5 Å². The molecule has 2 aromatic rings. The Morgan fingerprint density at radius 1 is 0.865 bits per heavy atom. The number of nitrogens with one attached hydrogen (secondary N) is 4. The van der Waals surface area contributed by atoms with Crippen LogP contribution in [0, 0.1) is 0 Å². The highest BCUT2D eigenvalue weighted by atomic mass is 16.6. The number of carbonyl (C=O) groups excluding carboxylic acids is 4. The Balaban J connectivity index is 1.87. The molecule has 1 atom stereocenters. The summed E-state index contributed by atoms with van der Waals surface area (Å²) in [6.07, 6.45) is 0.0401. The molecule has 2 rings (SSSR count). The second kappa shape index (κ2) is 13.1. The summed E-state index contributed by atoms with van der Waals surface area (Å²) in [5.41, 5.74) is 3.07. The topological polar surface area (TPSA) is 166 Å². The second-order valence-electron chi connectivity index (χ2n) is 9.07. The summed E-state index contributed by atoms with van der Waals surface area (Å²) in [7, 11) is 0. The average molecular weight is 513 g/mol. The van der Waals surface area contributed by atoms with Gasteiger partial charge in [-0.1, -0.05) is 30.8 Å². The smallest absolute Gasteiger partial charge is 0.407 e. The molecule has 0 fully saturated rings. The summed E-state index contributed by atoms with van der Waals surface area (Å²) in [5.74, 6) is -2.55. The normalized spacial score (nSPS) is 11.6. The van der Waals surface area contributed by atoms with E-state index in [0.29, 0.717) is 25.1 Å². The van der Waals surface area contributed by atoms with Crippen LogP contribution in [-0.4, -0.2) is 58.9 Å². The lowest BCUT2D eigenvalue weighted by atomic mass is 10.0. The molecule has 0 aromatic heterocycles. The van der Waals surface area contributed by atoms with Gasteiger partial charge in [-0.25, -0.2) is 10.3 Å². The largest absolute Gasteiger partial charge is 0.510 e. The number of hydroxylamine groups is 1. The Labute approximate surface area is 214 Å². The standard InChI is InChI=1S/C26H32N4O7/c1-16(31)21(24(34)30-36)29-23(33)20-12-8-18(9-13-20)17-6-10-19(11-7-17)22(32)27-14-5-15-28-25(35)37-26(2,3)4/h6-13,21,31,36H,1,5,14-15H2,2-4H3,(H,27,32)(H,28,35)(H,29,33)(H,30,34)/t21-/m0/s1. The van der Waals surface area contributed by atoms with Gasteiger partial charge in [-0.15, -0.1) is 0 Å². The van der Waals surface area contributed by atoms with Crippen LogP contribution in [-0.2, 0) is 9.53 Å². The van der Waals surface area contributed by atoms with Gasteiger partial charge in [0, 0.05) is 24.2 Å². The zero-order chi connectivity index (χ0) is 27.6. The van der Waals surface area contributed by atoms with Crippen molar-refractivity contribution < 1.29 is 34.2 Å². The maximum absolute atomic E-state index is 12.4. The van der Waals surface area contributed by atoms with Crippen molar-refractivity contribution in [2.75, 3.05) is 13.1 Å². The molecule has 0 radical (unpaired) electrons. The Morgan fingerprint density at radius 3 is 1.81 bits per heavy atom. The summed E-state index contributed by atoms with van der Waals surface area (Å²) >= 11 is 0. The molecule has 0 aliphatic carbocycles. The number of carbonyl (C=O) groups is 4. The number of aliphatic hydroxyl groups excluding tert-OH is 1. The van der Waals surface area contributed by atoms with E-state index in [0.717, 1.165) is 11.1 Å². The fourth-order valence-electron chi connectivity index (χ4n) is 3.10. The van der Waals surface area contributed by atoms with Crippen LogP contribution >= 0.6 is 0 Å². The molecular formula is C26H32N4O7. The quantitative estimate of drug-likeness (QED) is 0.123. The number of ether oxygens (including phenoxy) is 1. The van der Waals surface area contributed by atoms with Gasteiger partial charge in [0.25, 0.3) is 17.7 Å². The molecular weight excluding hydrogens is 480 g/mol. The molecule has 0 heterocycles. The van der Waals surface area contributed by atoms with E-state index < -0.39 is 35.3 Å². The van der Waals surface area contributed by atoms with Gasteiger partial charge >= 0.3 is 6.09 Å². The minimum Gasteiger partial charge on any atom is -0.510 e. The van der Waals surface area contributed by atoms with Crippen molar-refractivity contribution in [2.45, 2.75) is 38.8 Å². The highest BCUT2D eigenvalue weighted by molar-refractivity contribution is 5.98. The first-order valence-corrected chi connectivity index (χ1v) is 11.5. The van der Waals surface area contributed by atoms with E-state index >= 15 is 0 Å². The van der Waals surface area contributed by atoms with Gasteiger partial charge in [0.05, 0.1) is 0 Å². The van der Waals surface area contributed by atoms with Gasteiger partial charge in [0.15, 0.2) is 6.04 Å². The summed E-state index contributed by atoms with van der Waals surface area (Å²) in [6, 6.07) is 11.8. The van der Waals surface area contributed by atoms with E-state index in [1.54, 1.807) is 57.2 Å². The molecule has 0 bridgehead atoms. The van der Waals surface area contributed by atoms with Crippen molar-refractivity contribution in [3.8, 4) is 11.1 Å². The molecule has 6 N–H and O–H groups in total. The molecule has 198 valence electrons. The van der Waals surface area contributed by atoms with Crippen molar-refractivity contribution in [2.24, 2.45) is 0 Å².